The molecule has 3 aliphatic heterocycles. The Balaban J connectivity index is 0.000000150. The summed E-state index contributed by atoms with van der Waals surface area (Å²) < 4.78 is 18.4. The molecule has 5 aromatic heterocycles. The van der Waals surface area contributed by atoms with Gasteiger partial charge >= 0.3 is 0 Å². The number of hydrogen-bond donors (Lipinski definition) is 6. The molecule has 0 saturated carbocycles. The van der Waals surface area contributed by atoms with Crippen LogP contribution in [0, 0.1) is 0 Å². The fraction of sp³-hybridized carbons (Fsp3) is 0.355. The first-order chi connectivity index (χ1) is 48.7. The van der Waals surface area contributed by atoms with E-state index in [1.54, 1.807) is 52.3 Å². The van der Waals surface area contributed by atoms with E-state index in [1.165, 1.54) is 16.3 Å². The number of phenols is 3. The van der Waals surface area contributed by atoms with E-state index in [9.17, 15) is 15.3 Å². The van der Waals surface area contributed by atoms with Crippen LogP contribution < -0.4 is 44.9 Å². The largest absolute Gasteiger partial charge is 0.504 e. The van der Waals surface area contributed by atoms with E-state index in [0.29, 0.717) is 50.0 Å². The highest BCUT2D eigenvalue weighted by molar-refractivity contribution is 5.85. The maximum atomic E-state index is 10.8. The van der Waals surface area contributed by atoms with Crippen LogP contribution in [0.5, 0.6) is 34.5 Å². The zero-order chi connectivity index (χ0) is 68.4. The third-order valence-electron chi connectivity index (χ3n) is 18.0. The highest BCUT2D eigenvalue weighted by Gasteiger charge is 2.25. The summed E-state index contributed by atoms with van der Waals surface area (Å²) in [5.41, 5.74) is 8.32. The van der Waals surface area contributed by atoms with Gasteiger partial charge in [0.05, 0.1) is 27.7 Å². The number of anilines is 3. The van der Waals surface area contributed by atoms with Crippen LogP contribution in [0.1, 0.15) is 51.1 Å². The first-order valence-corrected chi connectivity index (χ1v) is 34.1. The number of aromatic hydroxyl groups is 3. The van der Waals surface area contributed by atoms with Crippen LogP contribution in [0.25, 0.3) is 10.8 Å². The molecule has 23 heteroatoms. The Labute approximate surface area is 580 Å². The number of nitrogens with one attached hydrogen (secondary N) is 3. The van der Waals surface area contributed by atoms with Crippen molar-refractivity contribution in [2.24, 2.45) is 0 Å². The molecule has 8 heterocycles. The number of imidazole rings is 1. The van der Waals surface area contributed by atoms with Crippen molar-refractivity contribution in [1.29, 1.82) is 0 Å². The van der Waals surface area contributed by atoms with Crippen LogP contribution in [0.15, 0.2) is 183 Å². The van der Waals surface area contributed by atoms with Gasteiger partial charge in [-0.3, -0.25) is 19.7 Å². The van der Waals surface area contributed by atoms with Crippen molar-refractivity contribution < 1.29 is 29.5 Å². The van der Waals surface area contributed by atoms with Gasteiger partial charge in [-0.25, -0.2) is 29.9 Å². The van der Waals surface area contributed by atoms with E-state index in [1.807, 2.05) is 85.6 Å². The molecule has 5 aromatic carbocycles. The lowest BCUT2D eigenvalue weighted by atomic mass is 10.0. The Morgan fingerprint density at radius 2 is 0.879 bits per heavy atom. The van der Waals surface area contributed by atoms with Crippen molar-refractivity contribution in [3.63, 3.8) is 0 Å². The number of aryl methyl sites for hydroxylation is 1. The van der Waals surface area contributed by atoms with Crippen molar-refractivity contribution >= 4 is 28.5 Å². The number of methoxy groups -OCH3 is 3. The summed E-state index contributed by atoms with van der Waals surface area (Å²) >= 11 is 0. The van der Waals surface area contributed by atoms with Crippen LogP contribution in [0.4, 0.5) is 17.7 Å². The summed E-state index contributed by atoms with van der Waals surface area (Å²) in [6, 6.07) is 42.5. The van der Waals surface area contributed by atoms with E-state index in [-0.39, 0.29) is 17.2 Å². The van der Waals surface area contributed by atoms with Crippen molar-refractivity contribution in [2.45, 2.75) is 65.2 Å². The molecule has 0 bridgehead atoms. The zero-order valence-electron chi connectivity index (χ0n) is 57.1. The highest BCUT2D eigenvalue weighted by atomic mass is 16.5. The maximum absolute atomic E-state index is 10.8. The summed E-state index contributed by atoms with van der Waals surface area (Å²) in [5.74, 6) is 4.82. The lowest BCUT2D eigenvalue weighted by Gasteiger charge is -2.35. The number of nitrogens with zero attached hydrogens (tertiary/aromatic N) is 14. The Hall–Kier alpha value is -10.0. The van der Waals surface area contributed by atoms with Gasteiger partial charge in [-0.1, -0.05) is 54.6 Å². The second-order valence-electron chi connectivity index (χ2n) is 24.8. The fourth-order valence-electron chi connectivity index (χ4n) is 12.7. The first-order valence-electron chi connectivity index (χ1n) is 34.1. The molecule has 0 spiro atoms. The van der Waals surface area contributed by atoms with E-state index in [0.717, 1.165) is 181 Å². The molecular formula is C76H93N17O6. The number of rotatable bonds is 27. The second-order valence-corrected chi connectivity index (χ2v) is 24.8. The number of pyridine rings is 2. The molecular weight excluding hydrogens is 1250 g/mol. The van der Waals surface area contributed by atoms with Crippen LogP contribution in [0.2, 0.25) is 0 Å². The normalized spacial score (nSPS) is 14.5. The van der Waals surface area contributed by atoms with Crippen LogP contribution >= 0.6 is 0 Å². The minimum Gasteiger partial charge on any atom is -0.504 e. The molecule has 6 N–H and O–H groups in total. The van der Waals surface area contributed by atoms with E-state index in [2.05, 4.69) is 152 Å². The standard InChI is InChI=1S/C28H31N5O2.C25H31N5O2.C23H31N7O2/c1-35-26-17-21(18-29-19-23-8-4-7-22-6-2-3-9-25(22)23)16-24(27(26)34)20-32-12-14-33(15-13-32)28-30-10-5-11-31-28;1-32-23-17-20(18-26-11-8-22-6-2-4-9-27-22)16-21(25(23)31)19-29-12-14-30(15-13-29)24-7-3-5-10-28-24;1-32-21-15-19(16-24-4-3-8-29-9-7-25-18-29)14-20(22(21)31)17-28-10-12-30(13-11-28)23-26-5-2-6-27-23/h2-11,16-17,29,34H,12-15,18-20H2,1H3;2-7,9-10,16-17,26,31H,8,11-15,18-19H2,1H3;2,5-7,9,14-15,18,24,31H,3-4,8,10-13,16-17H2,1H3. The minimum absolute atomic E-state index is 0.221. The van der Waals surface area contributed by atoms with Gasteiger partial charge in [-0.05, 0) is 119 Å². The summed E-state index contributed by atoms with van der Waals surface area (Å²) in [4.78, 5) is 44.0. The van der Waals surface area contributed by atoms with Gasteiger partial charge in [0, 0.05) is 216 Å². The maximum Gasteiger partial charge on any atom is 0.225 e. The molecule has 0 amide bonds. The number of hydrogen-bond acceptors (Lipinski definition) is 22. The smallest absolute Gasteiger partial charge is 0.225 e. The highest BCUT2D eigenvalue weighted by Crippen LogP contribution is 2.36. The van der Waals surface area contributed by atoms with Crippen molar-refractivity contribution in [2.75, 3.05) is 128 Å². The number of phenolic OH excluding ortho intramolecular Hbond substituents is 3. The quantitative estimate of drug-likeness (QED) is 0.0264. The Morgan fingerprint density at radius 3 is 1.36 bits per heavy atom. The zero-order valence-corrected chi connectivity index (χ0v) is 57.1. The van der Waals surface area contributed by atoms with Gasteiger partial charge < -0.3 is 64.7 Å². The average Bonchev–Trinajstić information content (AvgIpc) is 1.28. The minimum atomic E-state index is 0.221. The molecule has 0 atom stereocenters. The number of aromatic nitrogens is 8. The topological polar surface area (TPSA) is 239 Å². The molecule has 10 aromatic rings. The van der Waals surface area contributed by atoms with E-state index < -0.39 is 0 Å². The molecule has 0 radical (unpaired) electrons. The average molecular weight is 1340 g/mol. The molecule has 23 nitrogen and oxygen atoms in total. The molecule has 3 fully saturated rings. The second kappa shape index (κ2) is 36.5. The van der Waals surface area contributed by atoms with Crippen molar-refractivity contribution in [3.05, 3.63) is 228 Å². The Kier molecular flexibility index (Phi) is 26.0. The molecule has 99 heavy (non-hydrogen) atoms. The molecule has 3 aliphatic rings. The first kappa shape index (κ1) is 70.3. The van der Waals surface area contributed by atoms with E-state index >= 15 is 0 Å². The summed E-state index contributed by atoms with van der Waals surface area (Å²) in [6.07, 6.45) is 18.3. The molecule has 0 aliphatic carbocycles. The molecule has 0 unspecified atom stereocenters. The van der Waals surface area contributed by atoms with Gasteiger partial charge in [-0.2, -0.15) is 0 Å². The summed E-state index contributed by atoms with van der Waals surface area (Å²) in [5, 5.41) is 45.2. The lowest BCUT2D eigenvalue weighted by molar-refractivity contribution is 0.244. The van der Waals surface area contributed by atoms with Gasteiger partial charge in [0.2, 0.25) is 11.9 Å². The van der Waals surface area contributed by atoms with Crippen LogP contribution in [-0.4, -0.2) is 182 Å². The Morgan fingerprint density at radius 1 is 0.414 bits per heavy atom. The van der Waals surface area contributed by atoms with Gasteiger partial charge in [0.15, 0.2) is 34.5 Å². The van der Waals surface area contributed by atoms with Gasteiger partial charge in [-0.15, -0.1) is 0 Å². The number of ether oxygens (including phenoxy) is 3. The SMILES string of the molecule is COc1cc(CNCCCn2ccnc2)cc(CN2CCN(c3ncccn3)CC2)c1O.COc1cc(CNCCc2ccccn2)cc(CN2CCN(c3ccccn3)CC2)c1O.COc1cc(CNCc2cccc3ccccc23)cc(CN2CCN(c3ncccn3)CC2)c1O. The molecule has 3 saturated heterocycles. The van der Waals surface area contributed by atoms with Crippen LogP contribution in [0.3, 0.4) is 0 Å². The monoisotopic (exact) mass is 1340 g/mol. The van der Waals surface area contributed by atoms with E-state index in [4.69, 9.17) is 14.2 Å². The third-order valence-corrected chi connectivity index (χ3v) is 18.0. The number of piperazine rings is 3. The molecule has 518 valence electrons. The van der Waals surface area contributed by atoms with Crippen molar-refractivity contribution in [3.8, 4) is 34.5 Å². The fourth-order valence-corrected chi connectivity index (χ4v) is 12.7. The predicted octanol–water partition coefficient (Wildman–Crippen LogP) is 8.69. The summed E-state index contributed by atoms with van der Waals surface area (Å²) in [6.45, 7) is 18.3. The van der Waals surface area contributed by atoms with Crippen molar-refractivity contribution in [1.82, 2.24) is 70.1 Å². The summed E-state index contributed by atoms with van der Waals surface area (Å²) in [7, 11) is 4.80. The lowest BCUT2D eigenvalue weighted by Crippen LogP contribution is -2.46. The third kappa shape index (κ3) is 20.3. The molecule has 13 rings (SSSR count). The number of fused-ring (bicyclic) bond motifs is 1. The van der Waals surface area contributed by atoms with Gasteiger partial charge in [0.25, 0.3) is 0 Å². The van der Waals surface area contributed by atoms with Gasteiger partial charge in [0.1, 0.15) is 5.82 Å². The van der Waals surface area contributed by atoms with Crippen LogP contribution in [-0.2, 0) is 58.8 Å². The predicted molar refractivity (Wildman–Crippen MR) is 387 cm³/mol. The Bertz CT molecular complexity index is 4030. The number of benzene rings is 5.